The zero-order valence-corrected chi connectivity index (χ0v) is 23.6. The second-order valence-corrected chi connectivity index (χ2v) is 11.1. The number of hydrogen-bond donors (Lipinski definition) is 1. The number of nitrogens with one attached hydrogen (secondary N) is 1. The van der Waals surface area contributed by atoms with Crippen LogP contribution in [0.4, 0.5) is 10.1 Å². The van der Waals surface area contributed by atoms with Crippen molar-refractivity contribution in [3.8, 4) is 0 Å². The topological polar surface area (TPSA) is 136 Å². The highest BCUT2D eigenvalue weighted by Gasteiger charge is 2.33. The van der Waals surface area contributed by atoms with Crippen molar-refractivity contribution in [2.75, 3.05) is 5.75 Å². The molecule has 1 N–H and O–H groups in total. The Bertz CT molecular complexity index is 1640. The molecule has 0 fully saturated rings. The fourth-order valence-corrected chi connectivity index (χ4v) is 5.92. The van der Waals surface area contributed by atoms with Crippen LogP contribution in [0.3, 0.4) is 0 Å². The number of amides is 2. The molecule has 0 spiro atoms. The molecule has 0 bridgehead atoms. The Kier molecular flexibility index (Phi) is 8.21. The minimum Gasteiger partial charge on any atom is -0.345 e. The highest BCUT2D eigenvalue weighted by atomic mass is 32.2. The van der Waals surface area contributed by atoms with Gasteiger partial charge < -0.3 is 9.88 Å². The quantitative estimate of drug-likeness (QED) is 0.170. The predicted molar refractivity (Wildman–Crippen MR) is 152 cm³/mol. The number of rotatable bonds is 9. The maximum absolute atomic E-state index is 13.6. The average molecular weight is 594 g/mol. The van der Waals surface area contributed by atoms with Gasteiger partial charge in [0.25, 0.3) is 17.5 Å². The van der Waals surface area contributed by atoms with Crippen molar-refractivity contribution in [3.63, 3.8) is 0 Å². The molecule has 1 aliphatic rings. The highest BCUT2D eigenvalue weighted by molar-refractivity contribution is 7.99. The van der Waals surface area contributed by atoms with Gasteiger partial charge in [-0.1, -0.05) is 36.0 Å². The SMILES string of the molecule is Cc1c(C(=O)NCc2nnc(SCC(=O)N3N=C(c4cccs4)C[C@@H]3c3ccc(F)cc3)n2C)cccc1[N+](=O)[O-]. The molecule has 14 heteroatoms. The van der Waals surface area contributed by atoms with Gasteiger partial charge in [0.1, 0.15) is 5.82 Å². The van der Waals surface area contributed by atoms with Gasteiger partial charge in [0.15, 0.2) is 11.0 Å². The Labute approximate surface area is 242 Å². The molecule has 41 heavy (non-hydrogen) atoms. The van der Waals surface area contributed by atoms with Gasteiger partial charge >= 0.3 is 0 Å². The maximum atomic E-state index is 13.6. The smallest absolute Gasteiger partial charge is 0.273 e. The van der Waals surface area contributed by atoms with Gasteiger partial charge in [0.05, 0.1) is 33.9 Å². The van der Waals surface area contributed by atoms with Gasteiger partial charge in [-0.25, -0.2) is 9.40 Å². The summed E-state index contributed by atoms with van der Waals surface area (Å²) < 4.78 is 15.2. The molecule has 4 aromatic rings. The lowest BCUT2D eigenvalue weighted by atomic mass is 10.0. The number of carbonyl (C=O) groups is 2. The normalized spacial score (nSPS) is 14.7. The third kappa shape index (κ3) is 6.02. The molecule has 5 rings (SSSR count). The Morgan fingerprint density at radius 3 is 2.66 bits per heavy atom. The third-order valence-corrected chi connectivity index (χ3v) is 8.55. The predicted octanol–water partition coefficient (Wildman–Crippen LogP) is 4.63. The highest BCUT2D eigenvalue weighted by Crippen LogP contribution is 2.34. The lowest BCUT2D eigenvalue weighted by Gasteiger charge is -2.21. The standard InChI is InChI=1S/C27H24FN7O4S2/c1-16-19(5-3-6-21(16)35(38)39)26(37)29-14-24-30-31-27(33(24)2)41-15-25(36)34-22(17-8-10-18(28)11-9-17)13-20(32-34)23-7-4-12-40-23/h3-12,22H,13-15H2,1-2H3,(H,29,37)/t22-/m1/s1. The summed E-state index contributed by atoms with van der Waals surface area (Å²) in [5.74, 6) is -0.591. The summed E-state index contributed by atoms with van der Waals surface area (Å²) in [5.41, 5.74) is 1.92. The van der Waals surface area contributed by atoms with Crippen LogP contribution in [0.15, 0.2) is 70.2 Å². The van der Waals surface area contributed by atoms with Crippen LogP contribution >= 0.6 is 23.1 Å². The monoisotopic (exact) mass is 593 g/mol. The van der Waals surface area contributed by atoms with E-state index >= 15 is 0 Å². The second-order valence-electron chi connectivity index (χ2n) is 9.17. The summed E-state index contributed by atoms with van der Waals surface area (Å²) in [7, 11) is 1.72. The van der Waals surface area contributed by atoms with E-state index in [-0.39, 0.29) is 46.9 Å². The van der Waals surface area contributed by atoms with Crippen LogP contribution in [0.1, 0.15) is 44.6 Å². The number of nitrogens with zero attached hydrogens (tertiary/aromatic N) is 6. The van der Waals surface area contributed by atoms with Crippen LogP contribution in [-0.4, -0.2) is 48.0 Å². The van der Waals surface area contributed by atoms with Crippen molar-refractivity contribution < 1.29 is 18.9 Å². The molecule has 3 heterocycles. The number of carbonyl (C=O) groups excluding carboxylic acids is 2. The van der Waals surface area contributed by atoms with Crippen molar-refractivity contribution >= 4 is 46.3 Å². The molecule has 0 unspecified atom stereocenters. The van der Waals surface area contributed by atoms with E-state index in [9.17, 15) is 24.1 Å². The summed E-state index contributed by atoms with van der Waals surface area (Å²) in [6.45, 7) is 1.56. The number of nitro benzene ring substituents is 1. The number of hydrogen-bond acceptors (Lipinski definition) is 9. The van der Waals surface area contributed by atoms with E-state index in [2.05, 4.69) is 20.6 Å². The van der Waals surface area contributed by atoms with Crippen LogP contribution < -0.4 is 5.32 Å². The van der Waals surface area contributed by atoms with Gasteiger partial charge in [-0.05, 0) is 42.1 Å². The summed E-state index contributed by atoms with van der Waals surface area (Å²) in [5, 5.41) is 30.7. The first-order chi connectivity index (χ1) is 19.7. The molecule has 2 aromatic heterocycles. The average Bonchev–Trinajstić information content (AvgIpc) is 3.71. The Morgan fingerprint density at radius 2 is 1.95 bits per heavy atom. The van der Waals surface area contributed by atoms with E-state index in [1.165, 1.54) is 54.0 Å². The van der Waals surface area contributed by atoms with Gasteiger partial charge in [0, 0.05) is 30.7 Å². The molecule has 2 amide bonds. The molecular weight excluding hydrogens is 569 g/mol. The maximum Gasteiger partial charge on any atom is 0.273 e. The number of thiophene rings is 1. The number of hydrazone groups is 1. The Morgan fingerprint density at radius 1 is 1.17 bits per heavy atom. The molecule has 210 valence electrons. The Balaban J connectivity index is 1.25. The van der Waals surface area contributed by atoms with Crippen molar-refractivity contribution in [1.29, 1.82) is 0 Å². The molecule has 0 saturated carbocycles. The van der Waals surface area contributed by atoms with Crippen LogP contribution in [0.5, 0.6) is 0 Å². The van der Waals surface area contributed by atoms with Crippen molar-refractivity contribution in [2.45, 2.75) is 31.1 Å². The minimum atomic E-state index is -0.530. The molecule has 0 aliphatic carbocycles. The number of aromatic nitrogens is 3. The number of halogens is 1. The molecule has 0 saturated heterocycles. The summed E-state index contributed by atoms with van der Waals surface area (Å²) in [6.07, 6.45) is 0.514. The van der Waals surface area contributed by atoms with Crippen LogP contribution in [0.25, 0.3) is 0 Å². The van der Waals surface area contributed by atoms with E-state index in [0.29, 0.717) is 17.4 Å². The minimum absolute atomic E-state index is 0.0319. The number of thioether (sulfide) groups is 1. The van der Waals surface area contributed by atoms with Crippen molar-refractivity contribution in [1.82, 2.24) is 25.1 Å². The lowest BCUT2D eigenvalue weighted by Crippen LogP contribution is -2.28. The second kappa shape index (κ2) is 12.0. The number of nitro groups is 1. The molecule has 0 radical (unpaired) electrons. The first-order valence-electron chi connectivity index (χ1n) is 12.4. The first-order valence-corrected chi connectivity index (χ1v) is 14.3. The van der Waals surface area contributed by atoms with Crippen LogP contribution in [-0.2, 0) is 18.4 Å². The molecule has 1 atom stereocenters. The number of benzene rings is 2. The van der Waals surface area contributed by atoms with Crippen molar-refractivity contribution in [2.24, 2.45) is 12.1 Å². The summed E-state index contributed by atoms with van der Waals surface area (Å²) in [4.78, 5) is 37.7. The van der Waals surface area contributed by atoms with Crippen LogP contribution in [0, 0.1) is 22.9 Å². The fraction of sp³-hybridized carbons (Fsp3) is 0.222. The molecule has 2 aromatic carbocycles. The van der Waals surface area contributed by atoms with E-state index in [1.54, 1.807) is 35.1 Å². The zero-order chi connectivity index (χ0) is 29.1. The van der Waals surface area contributed by atoms with Gasteiger partial charge in [-0.2, -0.15) is 5.10 Å². The van der Waals surface area contributed by atoms with Gasteiger partial charge in [0.2, 0.25) is 0 Å². The summed E-state index contributed by atoms with van der Waals surface area (Å²) in [6, 6.07) is 13.9. The van der Waals surface area contributed by atoms with Gasteiger partial charge in [-0.3, -0.25) is 19.7 Å². The molecule has 1 aliphatic heterocycles. The fourth-order valence-electron chi connectivity index (χ4n) is 4.42. The third-order valence-electron chi connectivity index (χ3n) is 6.63. The zero-order valence-electron chi connectivity index (χ0n) is 22.0. The molecule has 11 nitrogen and oxygen atoms in total. The van der Waals surface area contributed by atoms with Crippen molar-refractivity contribution in [3.05, 3.63) is 103 Å². The van der Waals surface area contributed by atoms with E-state index in [4.69, 9.17) is 0 Å². The van der Waals surface area contributed by atoms with E-state index in [0.717, 1.165) is 16.2 Å². The largest absolute Gasteiger partial charge is 0.345 e. The first kappa shape index (κ1) is 28.1. The Hall–Kier alpha value is -4.43. The summed E-state index contributed by atoms with van der Waals surface area (Å²) >= 11 is 2.72. The lowest BCUT2D eigenvalue weighted by molar-refractivity contribution is -0.385. The van der Waals surface area contributed by atoms with Gasteiger partial charge in [-0.15, -0.1) is 21.5 Å². The van der Waals surface area contributed by atoms with Crippen LogP contribution in [0.2, 0.25) is 0 Å². The molecular formula is C27H24FN7O4S2. The van der Waals surface area contributed by atoms with E-state index in [1.807, 2.05) is 17.5 Å². The van der Waals surface area contributed by atoms with E-state index < -0.39 is 10.8 Å².